The van der Waals surface area contributed by atoms with Gasteiger partial charge < -0.3 is 15.1 Å². The van der Waals surface area contributed by atoms with Crippen molar-refractivity contribution in [3.63, 3.8) is 0 Å². The highest BCUT2D eigenvalue weighted by atomic mass is 16.2. The third-order valence-corrected chi connectivity index (χ3v) is 6.26. The molecule has 1 atom stereocenters. The summed E-state index contributed by atoms with van der Waals surface area (Å²) >= 11 is 0. The lowest BCUT2D eigenvalue weighted by molar-refractivity contribution is -0.135. The topological polar surface area (TPSA) is 69.0 Å². The van der Waals surface area contributed by atoms with Crippen LogP contribution in [0.25, 0.3) is 5.69 Å². The molecule has 0 aliphatic carbocycles. The van der Waals surface area contributed by atoms with E-state index in [0.29, 0.717) is 6.54 Å². The molecule has 1 amide bonds. The molecule has 1 unspecified atom stereocenters. The van der Waals surface area contributed by atoms with E-state index in [1.807, 2.05) is 66.3 Å². The van der Waals surface area contributed by atoms with Crippen molar-refractivity contribution in [1.82, 2.24) is 29.8 Å². The Morgan fingerprint density at radius 2 is 1.77 bits per heavy atom. The minimum Gasteiger partial charge on any atom is -0.352 e. The first kappa shape index (κ1) is 21.4. The molecule has 2 aliphatic heterocycles. The number of para-hydroxylation sites is 1. The second-order valence-corrected chi connectivity index (χ2v) is 8.26. The number of aromatic nitrogens is 2. The van der Waals surface area contributed by atoms with Crippen LogP contribution >= 0.6 is 0 Å². The summed E-state index contributed by atoms with van der Waals surface area (Å²) in [7, 11) is 1.82. The molecule has 0 radical (unpaired) electrons. The lowest BCUT2D eigenvalue weighted by atomic mass is 10.2. The molecule has 1 N–H and O–H groups in total. The highest BCUT2D eigenvalue weighted by Crippen LogP contribution is 2.14. The van der Waals surface area contributed by atoms with Gasteiger partial charge in [-0.15, -0.1) is 0 Å². The number of nitrogens with one attached hydrogen (secondary N) is 1. The SMILES string of the molecule is CN=C(NCc1cnn(-c2ccccc2)c1)N1CCN(C(C)C(=O)N2CCCC2)CC1. The Kier molecular flexibility index (Phi) is 6.86. The molecule has 31 heavy (non-hydrogen) atoms. The summed E-state index contributed by atoms with van der Waals surface area (Å²) in [6, 6.07) is 10.1. The standard InChI is InChI=1S/C23H33N7O/c1-19(22(31)28-10-6-7-11-28)27-12-14-29(15-13-27)23(24-2)25-16-20-17-26-30(18-20)21-8-4-3-5-9-21/h3-5,8-9,17-19H,6-7,10-16H2,1-2H3,(H,24,25). The van der Waals surface area contributed by atoms with Crippen LogP contribution in [-0.2, 0) is 11.3 Å². The fourth-order valence-corrected chi connectivity index (χ4v) is 4.37. The van der Waals surface area contributed by atoms with Crippen molar-refractivity contribution < 1.29 is 4.79 Å². The van der Waals surface area contributed by atoms with Crippen LogP contribution in [0.15, 0.2) is 47.7 Å². The van der Waals surface area contributed by atoms with Gasteiger partial charge in [0.15, 0.2) is 5.96 Å². The summed E-state index contributed by atoms with van der Waals surface area (Å²) in [5.74, 6) is 1.18. The second-order valence-electron chi connectivity index (χ2n) is 8.26. The molecule has 1 aromatic heterocycles. The number of carbonyl (C=O) groups excluding carboxylic acids is 1. The van der Waals surface area contributed by atoms with Crippen LogP contribution in [0.2, 0.25) is 0 Å². The fraction of sp³-hybridized carbons (Fsp3) is 0.522. The van der Waals surface area contributed by atoms with E-state index < -0.39 is 0 Å². The number of nitrogens with zero attached hydrogens (tertiary/aromatic N) is 6. The third-order valence-electron chi connectivity index (χ3n) is 6.26. The average molecular weight is 424 g/mol. The molecular weight excluding hydrogens is 390 g/mol. The van der Waals surface area contributed by atoms with Crippen molar-refractivity contribution in [2.45, 2.75) is 32.4 Å². The maximum Gasteiger partial charge on any atom is 0.239 e. The predicted molar refractivity (Wildman–Crippen MR) is 122 cm³/mol. The van der Waals surface area contributed by atoms with E-state index in [2.05, 4.69) is 25.2 Å². The maximum atomic E-state index is 12.7. The number of hydrogen-bond donors (Lipinski definition) is 1. The van der Waals surface area contributed by atoms with Crippen LogP contribution in [0.4, 0.5) is 0 Å². The summed E-state index contributed by atoms with van der Waals surface area (Å²) in [6.07, 6.45) is 6.20. The lowest BCUT2D eigenvalue weighted by Crippen LogP contribution is -2.57. The molecular formula is C23H33N7O. The molecule has 0 spiro atoms. The van der Waals surface area contributed by atoms with Crippen molar-refractivity contribution in [3.8, 4) is 5.69 Å². The molecule has 8 nitrogen and oxygen atoms in total. The molecule has 2 aromatic rings. The van der Waals surface area contributed by atoms with E-state index in [1.54, 1.807) is 0 Å². The smallest absolute Gasteiger partial charge is 0.239 e. The quantitative estimate of drug-likeness (QED) is 0.584. The van der Waals surface area contributed by atoms with Crippen LogP contribution in [0.5, 0.6) is 0 Å². The molecule has 3 heterocycles. The Morgan fingerprint density at radius 3 is 2.45 bits per heavy atom. The van der Waals surface area contributed by atoms with Gasteiger partial charge >= 0.3 is 0 Å². The number of benzene rings is 1. The Hall–Kier alpha value is -2.87. The monoisotopic (exact) mass is 423 g/mol. The van der Waals surface area contributed by atoms with Crippen molar-refractivity contribution >= 4 is 11.9 Å². The molecule has 2 saturated heterocycles. The van der Waals surface area contributed by atoms with Gasteiger partial charge in [-0.25, -0.2) is 4.68 Å². The number of carbonyl (C=O) groups is 1. The van der Waals surface area contributed by atoms with Crippen LogP contribution in [0.3, 0.4) is 0 Å². The van der Waals surface area contributed by atoms with Crippen molar-refractivity contribution in [2.24, 2.45) is 4.99 Å². The zero-order valence-electron chi connectivity index (χ0n) is 18.6. The lowest BCUT2D eigenvalue weighted by Gasteiger charge is -2.39. The van der Waals surface area contributed by atoms with E-state index >= 15 is 0 Å². The largest absolute Gasteiger partial charge is 0.352 e. The maximum absolute atomic E-state index is 12.7. The Morgan fingerprint density at radius 1 is 1.06 bits per heavy atom. The first-order chi connectivity index (χ1) is 15.2. The van der Waals surface area contributed by atoms with Gasteiger partial charge in [-0.05, 0) is 31.9 Å². The van der Waals surface area contributed by atoms with Crippen molar-refractivity contribution in [3.05, 3.63) is 48.3 Å². The van der Waals surface area contributed by atoms with Gasteiger partial charge in [0.25, 0.3) is 0 Å². The molecule has 0 bridgehead atoms. The molecule has 4 rings (SSSR count). The number of amides is 1. The van der Waals surface area contributed by atoms with Gasteiger partial charge in [-0.2, -0.15) is 5.10 Å². The summed E-state index contributed by atoms with van der Waals surface area (Å²) in [4.78, 5) is 23.8. The molecule has 1 aromatic carbocycles. The molecule has 8 heteroatoms. The van der Waals surface area contributed by atoms with Crippen molar-refractivity contribution in [2.75, 3.05) is 46.3 Å². The number of rotatable bonds is 5. The number of aliphatic imine (C=N–C) groups is 1. The van der Waals surface area contributed by atoms with Gasteiger partial charge in [-0.3, -0.25) is 14.7 Å². The second kappa shape index (κ2) is 9.96. The normalized spacial score (nSPS) is 19.0. The first-order valence-electron chi connectivity index (χ1n) is 11.2. The molecule has 0 saturated carbocycles. The zero-order valence-corrected chi connectivity index (χ0v) is 18.6. The van der Waals surface area contributed by atoms with Crippen LogP contribution in [0, 0.1) is 0 Å². The van der Waals surface area contributed by atoms with Crippen LogP contribution in [-0.4, -0.2) is 88.7 Å². The van der Waals surface area contributed by atoms with E-state index in [1.165, 1.54) is 0 Å². The van der Waals surface area contributed by atoms with Crippen molar-refractivity contribution in [1.29, 1.82) is 0 Å². The summed E-state index contributed by atoms with van der Waals surface area (Å²) < 4.78 is 1.89. The number of piperazine rings is 1. The van der Waals surface area contributed by atoms with Gasteiger partial charge in [0.2, 0.25) is 5.91 Å². The number of hydrogen-bond acceptors (Lipinski definition) is 4. The van der Waals surface area contributed by atoms with Gasteiger partial charge in [0.1, 0.15) is 0 Å². The minimum atomic E-state index is -0.0425. The summed E-state index contributed by atoms with van der Waals surface area (Å²) in [5.41, 5.74) is 2.15. The van der Waals surface area contributed by atoms with E-state index in [0.717, 1.165) is 69.3 Å². The Balaban J connectivity index is 1.27. The highest BCUT2D eigenvalue weighted by Gasteiger charge is 2.30. The van der Waals surface area contributed by atoms with E-state index in [-0.39, 0.29) is 11.9 Å². The molecule has 2 aliphatic rings. The summed E-state index contributed by atoms with van der Waals surface area (Å²) in [5, 5.41) is 7.92. The Bertz CT molecular complexity index is 880. The molecule has 2 fully saturated rings. The van der Waals surface area contributed by atoms with Crippen LogP contribution in [0.1, 0.15) is 25.3 Å². The minimum absolute atomic E-state index is 0.0425. The average Bonchev–Trinajstić information content (AvgIpc) is 3.52. The summed E-state index contributed by atoms with van der Waals surface area (Å²) in [6.45, 7) is 8.01. The van der Waals surface area contributed by atoms with Gasteiger partial charge in [-0.1, -0.05) is 18.2 Å². The first-order valence-corrected chi connectivity index (χ1v) is 11.2. The fourth-order valence-electron chi connectivity index (χ4n) is 4.37. The van der Waals surface area contributed by atoms with E-state index in [4.69, 9.17) is 0 Å². The van der Waals surface area contributed by atoms with Gasteiger partial charge in [0.05, 0.1) is 17.9 Å². The zero-order chi connectivity index (χ0) is 21.6. The number of guanidine groups is 1. The van der Waals surface area contributed by atoms with Crippen LogP contribution < -0.4 is 5.32 Å². The number of likely N-dealkylation sites (tertiary alicyclic amines) is 1. The Labute approximate surface area is 184 Å². The predicted octanol–water partition coefficient (Wildman–Crippen LogP) is 1.58. The van der Waals surface area contributed by atoms with Gasteiger partial charge in [0, 0.05) is 64.6 Å². The third kappa shape index (κ3) is 5.07. The van der Waals surface area contributed by atoms with E-state index in [9.17, 15) is 4.79 Å². The highest BCUT2D eigenvalue weighted by molar-refractivity contribution is 5.82. The molecule has 166 valence electrons.